The molecule has 0 radical (unpaired) electrons. The van der Waals surface area contributed by atoms with Gasteiger partial charge in [-0.2, -0.15) is 0 Å². The maximum absolute atomic E-state index is 12.3. The summed E-state index contributed by atoms with van der Waals surface area (Å²) < 4.78 is 2.12. The largest absolute Gasteiger partial charge is 0.354 e. The summed E-state index contributed by atoms with van der Waals surface area (Å²) in [6.07, 6.45) is 6.12. The molecule has 0 spiro atoms. The molecule has 1 aromatic heterocycles. The molecule has 1 N–H and O–H groups in total. The third-order valence-electron chi connectivity index (χ3n) is 5.38. The zero-order valence-electron chi connectivity index (χ0n) is 16.2. The number of hydrogen-bond donors (Lipinski definition) is 1. The molecule has 1 aliphatic heterocycles. The van der Waals surface area contributed by atoms with Crippen LogP contribution >= 0.6 is 0 Å². The molecule has 1 amide bonds. The summed E-state index contributed by atoms with van der Waals surface area (Å²) >= 11 is 0. The monoisotopic (exact) mass is 373 g/mol. The van der Waals surface area contributed by atoms with Crippen molar-refractivity contribution in [2.75, 3.05) is 13.1 Å². The van der Waals surface area contributed by atoms with E-state index in [4.69, 9.17) is 0 Å². The summed E-state index contributed by atoms with van der Waals surface area (Å²) in [7, 11) is 0. The van der Waals surface area contributed by atoms with Crippen molar-refractivity contribution >= 4 is 5.91 Å². The molecule has 0 saturated heterocycles. The van der Waals surface area contributed by atoms with Gasteiger partial charge in [0.25, 0.3) is 5.91 Å². The van der Waals surface area contributed by atoms with Crippen LogP contribution in [0.2, 0.25) is 0 Å². The van der Waals surface area contributed by atoms with Crippen LogP contribution in [-0.2, 0) is 26.1 Å². The number of benzene rings is 2. The van der Waals surface area contributed by atoms with E-state index in [1.54, 1.807) is 0 Å². The zero-order chi connectivity index (χ0) is 19.2. The van der Waals surface area contributed by atoms with Gasteiger partial charge in [-0.05, 0) is 53.8 Å². The van der Waals surface area contributed by atoms with Crippen molar-refractivity contribution in [1.82, 2.24) is 14.8 Å². The normalized spacial score (nSPS) is 13.9. The quantitative estimate of drug-likeness (QED) is 0.639. The Hall–Kier alpha value is -2.85. The van der Waals surface area contributed by atoms with E-state index in [-0.39, 0.29) is 5.91 Å². The molecule has 0 bridgehead atoms. The fourth-order valence-electron chi connectivity index (χ4n) is 3.79. The first-order chi connectivity index (χ1) is 13.8. The first kappa shape index (κ1) is 18.5. The lowest BCUT2D eigenvalue weighted by Crippen LogP contribution is -2.30. The molecule has 2 heterocycles. The van der Waals surface area contributed by atoms with Gasteiger partial charge in [0.05, 0.1) is 0 Å². The topological polar surface area (TPSA) is 37.3 Å². The molecule has 0 atom stereocenters. The molecule has 4 nitrogen and oxygen atoms in total. The number of carbonyl (C=O) groups excluding carboxylic acids is 1. The van der Waals surface area contributed by atoms with E-state index in [9.17, 15) is 4.79 Å². The Balaban J connectivity index is 1.25. The molecule has 0 fully saturated rings. The number of nitrogens with one attached hydrogen (secondary N) is 1. The van der Waals surface area contributed by atoms with Gasteiger partial charge in [-0.25, -0.2) is 0 Å². The number of amides is 1. The van der Waals surface area contributed by atoms with Gasteiger partial charge in [0.1, 0.15) is 0 Å². The van der Waals surface area contributed by atoms with Crippen LogP contribution in [-0.4, -0.2) is 28.5 Å². The van der Waals surface area contributed by atoms with E-state index in [0.29, 0.717) is 6.54 Å². The van der Waals surface area contributed by atoms with E-state index in [2.05, 4.69) is 51.2 Å². The van der Waals surface area contributed by atoms with Crippen LogP contribution < -0.4 is 5.32 Å². The van der Waals surface area contributed by atoms with E-state index in [0.717, 1.165) is 44.6 Å². The number of rotatable bonds is 7. The second kappa shape index (κ2) is 8.89. The predicted octanol–water partition coefficient (Wildman–Crippen LogP) is 3.87. The van der Waals surface area contributed by atoms with Gasteiger partial charge in [0.15, 0.2) is 0 Å². The molecule has 0 unspecified atom stereocenters. The first-order valence-corrected chi connectivity index (χ1v) is 10.0. The van der Waals surface area contributed by atoms with Crippen molar-refractivity contribution in [2.24, 2.45) is 0 Å². The maximum atomic E-state index is 12.3. The maximum Gasteiger partial charge on any atom is 0.251 e. The Labute approximate surface area is 166 Å². The molecule has 28 heavy (non-hydrogen) atoms. The lowest BCUT2D eigenvalue weighted by molar-refractivity contribution is 0.0952. The Morgan fingerprint density at radius 3 is 2.46 bits per heavy atom. The van der Waals surface area contributed by atoms with Crippen molar-refractivity contribution in [1.29, 1.82) is 0 Å². The Morgan fingerprint density at radius 1 is 0.929 bits per heavy atom. The smallest absolute Gasteiger partial charge is 0.251 e. The lowest BCUT2D eigenvalue weighted by atomic mass is 9.99. The fourth-order valence-corrected chi connectivity index (χ4v) is 3.79. The van der Waals surface area contributed by atoms with E-state index in [1.165, 1.54) is 16.7 Å². The molecule has 0 saturated carbocycles. The molecular formula is C24H27N3O. The van der Waals surface area contributed by atoms with Crippen molar-refractivity contribution in [2.45, 2.75) is 32.5 Å². The average molecular weight is 374 g/mol. The van der Waals surface area contributed by atoms with Gasteiger partial charge in [-0.15, -0.1) is 0 Å². The molecule has 4 heteroatoms. The minimum absolute atomic E-state index is 0.00551. The summed E-state index contributed by atoms with van der Waals surface area (Å²) in [6.45, 7) is 4.62. The number of hydrogen-bond acceptors (Lipinski definition) is 2. The Bertz CT molecular complexity index is 900. The average Bonchev–Trinajstić information content (AvgIpc) is 3.25. The van der Waals surface area contributed by atoms with Crippen LogP contribution in [0.4, 0.5) is 0 Å². The zero-order valence-corrected chi connectivity index (χ0v) is 16.2. The second-order valence-electron chi connectivity index (χ2n) is 7.46. The lowest BCUT2D eigenvalue weighted by Gasteiger charge is -2.28. The molecule has 4 rings (SSSR count). The highest BCUT2D eigenvalue weighted by Crippen LogP contribution is 2.20. The minimum atomic E-state index is 0.00551. The summed E-state index contributed by atoms with van der Waals surface area (Å²) in [6, 6.07) is 20.8. The number of aromatic nitrogens is 1. The third-order valence-corrected chi connectivity index (χ3v) is 5.38. The van der Waals surface area contributed by atoms with Crippen molar-refractivity contribution < 1.29 is 4.79 Å². The molecule has 3 aromatic rings. The summed E-state index contributed by atoms with van der Waals surface area (Å²) in [4.78, 5) is 14.8. The van der Waals surface area contributed by atoms with Crippen molar-refractivity contribution in [3.05, 3.63) is 95.3 Å². The fraction of sp³-hybridized carbons (Fsp3) is 0.292. The highest BCUT2D eigenvalue weighted by molar-refractivity contribution is 5.94. The van der Waals surface area contributed by atoms with Gasteiger partial charge in [-0.1, -0.05) is 36.4 Å². The number of fused-ring (bicyclic) bond motifs is 1. The number of nitrogens with zero attached hydrogens (tertiary/aromatic N) is 2. The van der Waals surface area contributed by atoms with Gasteiger partial charge in [0.2, 0.25) is 0 Å². The standard InChI is InChI=1S/C24H27N3O/c28-24(25-13-5-16-26-14-3-4-15-26)22-10-8-20(9-11-22)18-27-17-12-21-6-1-2-7-23(21)19-27/h1-4,6-11,14-15H,5,12-13,16-19H2,(H,25,28). The van der Waals surface area contributed by atoms with Crippen LogP contribution in [0.1, 0.15) is 33.5 Å². The predicted molar refractivity (Wildman–Crippen MR) is 112 cm³/mol. The van der Waals surface area contributed by atoms with Gasteiger partial charge in [-0.3, -0.25) is 9.69 Å². The summed E-state index contributed by atoms with van der Waals surface area (Å²) in [5.41, 5.74) is 4.89. The van der Waals surface area contributed by atoms with Crippen LogP contribution in [0, 0.1) is 0 Å². The van der Waals surface area contributed by atoms with E-state index >= 15 is 0 Å². The van der Waals surface area contributed by atoms with Crippen molar-refractivity contribution in [3.63, 3.8) is 0 Å². The summed E-state index contributed by atoms with van der Waals surface area (Å²) in [5, 5.41) is 3.01. The molecular weight excluding hydrogens is 346 g/mol. The van der Waals surface area contributed by atoms with Gasteiger partial charge < -0.3 is 9.88 Å². The molecule has 0 aliphatic carbocycles. The molecule has 2 aromatic carbocycles. The minimum Gasteiger partial charge on any atom is -0.354 e. The van der Waals surface area contributed by atoms with Gasteiger partial charge in [0, 0.05) is 50.7 Å². The van der Waals surface area contributed by atoms with Crippen LogP contribution in [0.3, 0.4) is 0 Å². The summed E-state index contributed by atoms with van der Waals surface area (Å²) in [5.74, 6) is 0.00551. The first-order valence-electron chi connectivity index (χ1n) is 10.0. The van der Waals surface area contributed by atoms with Crippen molar-refractivity contribution in [3.8, 4) is 0 Å². The van der Waals surface area contributed by atoms with Crippen LogP contribution in [0.25, 0.3) is 0 Å². The van der Waals surface area contributed by atoms with Crippen LogP contribution in [0.15, 0.2) is 73.1 Å². The second-order valence-corrected chi connectivity index (χ2v) is 7.46. The Kier molecular flexibility index (Phi) is 5.88. The molecule has 144 valence electrons. The number of carbonyl (C=O) groups is 1. The van der Waals surface area contributed by atoms with E-state index in [1.807, 2.05) is 36.7 Å². The molecule has 1 aliphatic rings. The Morgan fingerprint density at radius 2 is 1.68 bits per heavy atom. The SMILES string of the molecule is O=C(NCCCn1cccc1)c1ccc(CN2CCc3ccccc3C2)cc1. The highest BCUT2D eigenvalue weighted by atomic mass is 16.1. The van der Waals surface area contributed by atoms with E-state index < -0.39 is 0 Å². The third kappa shape index (κ3) is 4.70. The number of aryl methyl sites for hydroxylation is 1. The highest BCUT2D eigenvalue weighted by Gasteiger charge is 2.15. The van der Waals surface area contributed by atoms with Gasteiger partial charge >= 0.3 is 0 Å². The van der Waals surface area contributed by atoms with Crippen LogP contribution in [0.5, 0.6) is 0 Å².